The van der Waals surface area contributed by atoms with Crippen LogP contribution in [0.2, 0.25) is 0 Å². The largest absolute Gasteiger partial charge is 0.378 e. The molecule has 1 N–H and O–H groups in total. The molecule has 2 aromatic rings. The second-order valence-electron chi connectivity index (χ2n) is 6.29. The van der Waals surface area contributed by atoms with Gasteiger partial charge in [0.15, 0.2) is 0 Å². The molecule has 124 valence electrons. The molecule has 1 aromatic carbocycles. The predicted molar refractivity (Wildman–Crippen MR) is 96.3 cm³/mol. The fourth-order valence-electron chi connectivity index (χ4n) is 3.23. The maximum atomic E-state index is 12.4. The van der Waals surface area contributed by atoms with E-state index in [0.29, 0.717) is 12.6 Å². The minimum atomic E-state index is 0.0429. The van der Waals surface area contributed by atoms with Crippen LogP contribution in [0.5, 0.6) is 0 Å². The Balaban J connectivity index is 1.44. The van der Waals surface area contributed by atoms with E-state index in [1.807, 2.05) is 19.1 Å². The van der Waals surface area contributed by atoms with Gasteiger partial charge in [0.05, 0.1) is 11.0 Å². The highest BCUT2D eigenvalue weighted by Crippen LogP contribution is 2.30. The molecule has 0 radical (unpaired) electrons. The molecule has 1 fully saturated rings. The summed E-state index contributed by atoms with van der Waals surface area (Å²) >= 11 is 1.58. The maximum absolute atomic E-state index is 12.4. The summed E-state index contributed by atoms with van der Waals surface area (Å²) in [6.45, 7) is 3.45. The molecule has 0 spiro atoms. The number of thiophene rings is 1. The highest BCUT2D eigenvalue weighted by molar-refractivity contribution is 7.21. The van der Waals surface area contributed by atoms with E-state index >= 15 is 0 Å². The number of benzene rings is 1. The van der Waals surface area contributed by atoms with Crippen LogP contribution in [-0.4, -0.2) is 25.2 Å². The smallest absolute Gasteiger partial charge is 0.261 e. The van der Waals surface area contributed by atoms with Crippen LogP contribution in [0.3, 0.4) is 0 Å². The Morgan fingerprint density at radius 3 is 2.83 bits per heavy atom. The standard InChI is InChI=1S/C19H25NO2S/c1-14-16-10-5-6-11-17(16)23-18(14)19(21)20-12-7-13-22-15-8-3-2-4-9-15/h5-6,10-11,15H,2-4,7-9,12-13H2,1H3,(H,20,21). The van der Waals surface area contributed by atoms with E-state index in [-0.39, 0.29) is 5.91 Å². The van der Waals surface area contributed by atoms with Crippen molar-refractivity contribution >= 4 is 27.3 Å². The minimum Gasteiger partial charge on any atom is -0.378 e. The van der Waals surface area contributed by atoms with Crippen LogP contribution in [-0.2, 0) is 4.74 Å². The van der Waals surface area contributed by atoms with Gasteiger partial charge in [0.25, 0.3) is 5.91 Å². The molecule has 3 nitrogen and oxygen atoms in total. The van der Waals surface area contributed by atoms with E-state index < -0.39 is 0 Å². The zero-order valence-corrected chi connectivity index (χ0v) is 14.6. The molecule has 4 heteroatoms. The molecule has 0 atom stereocenters. The Bertz CT molecular complexity index is 658. The first-order valence-corrected chi connectivity index (χ1v) is 9.45. The Hall–Kier alpha value is -1.39. The first kappa shape index (κ1) is 16.5. The summed E-state index contributed by atoms with van der Waals surface area (Å²) in [5, 5.41) is 4.21. The molecule has 1 aliphatic rings. The number of amides is 1. The van der Waals surface area contributed by atoms with Gasteiger partial charge >= 0.3 is 0 Å². The molecule has 1 aliphatic carbocycles. The van der Waals surface area contributed by atoms with Gasteiger partial charge in [-0.2, -0.15) is 0 Å². The number of ether oxygens (including phenoxy) is 1. The summed E-state index contributed by atoms with van der Waals surface area (Å²) in [4.78, 5) is 13.2. The highest BCUT2D eigenvalue weighted by Gasteiger charge is 2.15. The van der Waals surface area contributed by atoms with E-state index in [0.717, 1.165) is 23.5 Å². The van der Waals surface area contributed by atoms with Crippen LogP contribution in [0.4, 0.5) is 0 Å². The summed E-state index contributed by atoms with van der Waals surface area (Å²) in [6.07, 6.45) is 7.68. The number of aryl methyl sites for hydroxylation is 1. The molecule has 3 rings (SSSR count). The van der Waals surface area contributed by atoms with Crippen molar-refractivity contribution in [3.63, 3.8) is 0 Å². The minimum absolute atomic E-state index is 0.0429. The van der Waals surface area contributed by atoms with Crippen molar-refractivity contribution in [3.05, 3.63) is 34.7 Å². The topological polar surface area (TPSA) is 38.3 Å². The second-order valence-corrected chi connectivity index (χ2v) is 7.34. The molecule has 0 saturated heterocycles. The van der Waals surface area contributed by atoms with Crippen LogP contribution < -0.4 is 5.32 Å². The van der Waals surface area contributed by atoms with E-state index in [9.17, 15) is 4.79 Å². The number of hydrogen-bond donors (Lipinski definition) is 1. The van der Waals surface area contributed by atoms with Crippen LogP contribution in [0.1, 0.15) is 53.8 Å². The van der Waals surface area contributed by atoms with E-state index in [1.54, 1.807) is 11.3 Å². The molecule has 23 heavy (non-hydrogen) atoms. The number of carbonyl (C=O) groups is 1. The highest BCUT2D eigenvalue weighted by atomic mass is 32.1. The van der Waals surface area contributed by atoms with Crippen molar-refractivity contribution < 1.29 is 9.53 Å². The number of carbonyl (C=O) groups excluding carboxylic acids is 1. The zero-order chi connectivity index (χ0) is 16.1. The summed E-state index contributed by atoms with van der Waals surface area (Å²) < 4.78 is 7.07. The number of nitrogens with one attached hydrogen (secondary N) is 1. The lowest BCUT2D eigenvalue weighted by Gasteiger charge is -2.21. The van der Waals surface area contributed by atoms with Gasteiger partial charge in [-0.15, -0.1) is 11.3 Å². The normalized spacial score (nSPS) is 15.9. The molecular formula is C19H25NO2S. The molecule has 0 bridgehead atoms. The van der Waals surface area contributed by atoms with Crippen molar-refractivity contribution in [1.29, 1.82) is 0 Å². The Morgan fingerprint density at radius 2 is 2.04 bits per heavy atom. The van der Waals surface area contributed by atoms with Crippen molar-refractivity contribution in [1.82, 2.24) is 5.32 Å². The second kappa shape index (κ2) is 7.93. The van der Waals surface area contributed by atoms with Crippen LogP contribution >= 0.6 is 11.3 Å². The summed E-state index contributed by atoms with van der Waals surface area (Å²) in [5.74, 6) is 0.0429. The van der Waals surface area contributed by atoms with Crippen LogP contribution in [0.25, 0.3) is 10.1 Å². The van der Waals surface area contributed by atoms with Crippen molar-refractivity contribution in [2.24, 2.45) is 0 Å². The zero-order valence-electron chi connectivity index (χ0n) is 13.8. The molecular weight excluding hydrogens is 306 g/mol. The summed E-state index contributed by atoms with van der Waals surface area (Å²) in [5.41, 5.74) is 1.08. The quantitative estimate of drug-likeness (QED) is 0.781. The lowest BCUT2D eigenvalue weighted by atomic mass is 9.98. The fourth-order valence-corrected chi connectivity index (χ4v) is 4.35. The van der Waals surface area contributed by atoms with Crippen molar-refractivity contribution in [3.8, 4) is 0 Å². The lowest BCUT2D eigenvalue weighted by Crippen LogP contribution is -2.26. The monoisotopic (exact) mass is 331 g/mol. The Morgan fingerprint density at radius 1 is 1.26 bits per heavy atom. The molecule has 0 aliphatic heterocycles. The number of rotatable bonds is 6. The van der Waals surface area contributed by atoms with Crippen LogP contribution in [0.15, 0.2) is 24.3 Å². The van der Waals surface area contributed by atoms with Gasteiger partial charge in [-0.1, -0.05) is 37.5 Å². The fraction of sp³-hybridized carbons (Fsp3) is 0.526. The summed E-state index contributed by atoms with van der Waals surface area (Å²) in [6, 6.07) is 8.19. The lowest BCUT2D eigenvalue weighted by molar-refractivity contribution is 0.0273. The molecule has 1 aromatic heterocycles. The van der Waals surface area contributed by atoms with E-state index in [2.05, 4.69) is 17.4 Å². The average molecular weight is 331 g/mol. The maximum Gasteiger partial charge on any atom is 0.261 e. The molecule has 1 heterocycles. The van der Waals surface area contributed by atoms with E-state index in [4.69, 9.17) is 4.74 Å². The average Bonchev–Trinajstić information content (AvgIpc) is 2.93. The van der Waals surface area contributed by atoms with Crippen LogP contribution in [0, 0.1) is 6.92 Å². The number of hydrogen-bond acceptors (Lipinski definition) is 3. The third kappa shape index (κ3) is 4.12. The third-order valence-corrected chi connectivity index (χ3v) is 5.83. The molecule has 1 amide bonds. The van der Waals surface area contributed by atoms with Gasteiger partial charge in [-0.25, -0.2) is 0 Å². The van der Waals surface area contributed by atoms with E-state index in [1.165, 1.54) is 42.2 Å². The molecule has 1 saturated carbocycles. The first-order chi connectivity index (χ1) is 11.3. The third-order valence-electron chi connectivity index (χ3n) is 4.56. The van der Waals surface area contributed by atoms with Gasteiger partial charge in [-0.3, -0.25) is 4.79 Å². The van der Waals surface area contributed by atoms with Crippen molar-refractivity contribution in [2.45, 2.75) is 51.6 Å². The van der Waals surface area contributed by atoms with Gasteiger partial charge in [0.2, 0.25) is 0 Å². The van der Waals surface area contributed by atoms with Gasteiger partial charge in [0, 0.05) is 17.9 Å². The van der Waals surface area contributed by atoms with Crippen molar-refractivity contribution in [2.75, 3.05) is 13.2 Å². The SMILES string of the molecule is Cc1c(C(=O)NCCCOC2CCCCC2)sc2ccccc12. The van der Waals surface area contributed by atoms with Gasteiger partial charge in [0.1, 0.15) is 0 Å². The van der Waals surface area contributed by atoms with Gasteiger partial charge in [-0.05, 0) is 43.2 Å². The Labute approximate surface area is 142 Å². The predicted octanol–water partition coefficient (Wildman–Crippen LogP) is 4.68. The van der Waals surface area contributed by atoms with Gasteiger partial charge < -0.3 is 10.1 Å². The Kier molecular flexibility index (Phi) is 5.68. The number of fused-ring (bicyclic) bond motifs is 1. The summed E-state index contributed by atoms with van der Waals surface area (Å²) in [7, 11) is 0. The molecule has 0 unspecified atom stereocenters. The first-order valence-electron chi connectivity index (χ1n) is 8.63.